The first kappa shape index (κ1) is 13.1. The highest BCUT2D eigenvalue weighted by atomic mass is 32.2. The molecule has 1 amide bonds. The number of rotatable bonds is 3. The Morgan fingerprint density at radius 1 is 1.61 bits per heavy atom. The van der Waals surface area contributed by atoms with Gasteiger partial charge in [-0.1, -0.05) is 11.8 Å². The van der Waals surface area contributed by atoms with Gasteiger partial charge in [0.2, 0.25) is 5.91 Å². The molecule has 0 radical (unpaired) electrons. The first-order valence-corrected chi connectivity index (χ1v) is 7.13. The molecule has 0 aliphatic carbocycles. The fourth-order valence-corrected chi connectivity index (χ4v) is 2.84. The monoisotopic (exact) mass is 267 g/mol. The highest BCUT2D eigenvalue weighted by Crippen LogP contribution is 2.19. The van der Waals surface area contributed by atoms with Crippen molar-refractivity contribution >= 4 is 17.7 Å². The fourth-order valence-electron chi connectivity index (χ4n) is 2.11. The molecule has 18 heavy (non-hydrogen) atoms. The van der Waals surface area contributed by atoms with E-state index in [4.69, 9.17) is 0 Å². The van der Waals surface area contributed by atoms with Crippen LogP contribution in [0.5, 0.6) is 0 Å². The van der Waals surface area contributed by atoms with Gasteiger partial charge in [-0.25, -0.2) is 4.98 Å². The maximum absolute atomic E-state index is 12.1. The Bertz CT molecular complexity index is 474. The number of carbonyl (C=O) groups excluding carboxylic acids is 1. The second-order valence-corrected chi connectivity index (χ2v) is 5.42. The zero-order valence-corrected chi connectivity index (χ0v) is 11.2. The molecule has 1 aliphatic heterocycles. The Hall–Kier alpha value is -1.30. The summed E-state index contributed by atoms with van der Waals surface area (Å²) in [5, 5.41) is 0.500. The van der Waals surface area contributed by atoms with Crippen LogP contribution in [0.15, 0.2) is 22.2 Å². The Balaban J connectivity index is 1.89. The SMILES string of the molecule is CC1CCCCN1C(=O)CSc1nccc(=O)[nH]1. The zero-order valence-electron chi connectivity index (χ0n) is 10.4. The number of hydrogen-bond acceptors (Lipinski definition) is 4. The summed E-state index contributed by atoms with van der Waals surface area (Å²) in [6.07, 6.45) is 4.82. The predicted molar refractivity (Wildman–Crippen MR) is 70.6 cm³/mol. The number of nitrogens with one attached hydrogen (secondary N) is 1. The Morgan fingerprint density at radius 2 is 2.44 bits per heavy atom. The van der Waals surface area contributed by atoms with E-state index in [9.17, 15) is 9.59 Å². The van der Waals surface area contributed by atoms with Crippen molar-refractivity contribution in [3.05, 3.63) is 22.6 Å². The summed E-state index contributed by atoms with van der Waals surface area (Å²) < 4.78 is 0. The van der Waals surface area contributed by atoms with E-state index in [0.29, 0.717) is 17.0 Å². The second-order valence-electron chi connectivity index (χ2n) is 4.46. The lowest BCUT2D eigenvalue weighted by atomic mass is 10.0. The molecule has 2 rings (SSSR count). The van der Waals surface area contributed by atoms with Crippen molar-refractivity contribution in [1.82, 2.24) is 14.9 Å². The van der Waals surface area contributed by atoms with Gasteiger partial charge in [0, 0.05) is 24.8 Å². The summed E-state index contributed by atoms with van der Waals surface area (Å²) in [5.41, 5.74) is -0.189. The number of aromatic amines is 1. The number of H-pyrrole nitrogens is 1. The van der Waals surface area contributed by atoms with Gasteiger partial charge in [0.1, 0.15) is 0 Å². The second kappa shape index (κ2) is 6.04. The number of nitrogens with zero attached hydrogens (tertiary/aromatic N) is 2. The van der Waals surface area contributed by atoms with Crippen LogP contribution in [0.3, 0.4) is 0 Å². The molecule has 0 saturated carbocycles. The number of amides is 1. The Labute approximate surface area is 110 Å². The molecule has 6 heteroatoms. The highest BCUT2D eigenvalue weighted by molar-refractivity contribution is 7.99. The average Bonchev–Trinajstić information content (AvgIpc) is 2.37. The summed E-state index contributed by atoms with van der Waals surface area (Å²) >= 11 is 1.28. The van der Waals surface area contributed by atoms with E-state index in [2.05, 4.69) is 16.9 Å². The number of aromatic nitrogens is 2. The van der Waals surface area contributed by atoms with Crippen molar-refractivity contribution in [3.8, 4) is 0 Å². The Morgan fingerprint density at radius 3 is 3.17 bits per heavy atom. The average molecular weight is 267 g/mol. The van der Waals surface area contributed by atoms with Crippen molar-refractivity contribution in [1.29, 1.82) is 0 Å². The van der Waals surface area contributed by atoms with Crippen LogP contribution in [0, 0.1) is 0 Å². The number of thioether (sulfide) groups is 1. The number of likely N-dealkylation sites (tertiary alicyclic amines) is 1. The largest absolute Gasteiger partial charge is 0.339 e. The van der Waals surface area contributed by atoms with E-state index in [0.717, 1.165) is 19.4 Å². The topological polar surface area (TPSA) is 66.1 Å². The first-order chi connectivity index (χ1) is 8.66. The van der Waals surface area contributed by atoms with Gasteiger partial charge in [-0.05, 0) is 26.2 Å². The molecule has 1 unspecified atom stereocenters. The van der Waals surface area contributed by atoms with Crippen molar-refractivity contribution in [2.45, 2.75) is 37.4 Å². The van der Waals surface area contributed by atoms with Gasteiger partial charge >= 0.3 is 0 Å². The van der Waals surface area contributed by atoms with Gasteiger partial charge in [-0.2, -0.15) is 0 Å². The molecule has 1 aliphatic rings. The van der Waals surface area contributed by atoms with Crippen LogP contribution in [-0.4, -0.2) is 39.1 Å². The predicted octanol–water partition coefficient (Wildman–Crippen LogP) is 1.26. The van der Waals surface area contributed by atoms with E-state index < -0.39 is 0 Å². The highest BCUT2D eigenvalue weighted by Gasteiger charge is 2.22. The van der Waals surface area contributed by atoms with E-state index in [1.165, 1.54) is 30.4 Å². The number of piperidine rings is 1. The number of carbonyl (C=O) groups is 1. The number of hydrogen-bond donors (Lipinski definition) is 1. The minimum Gasteiger partial charge on any atom is -0.339 e. The lowest BCUT2D eigenvalue weighted by Crippen LogP contribution is -2.43. The van der Waals surface area contributed by atoms with Crippen LogP contribution >= 0.6 is 11.8 Å². The molecule has 98 valence electrons. The van der Waals surface area contributed by atoms with E-state index in [1.54, 1.807) is 0 Å². The maximum atomic E-state index is 12.1. The normalized spacial score (nSPS) is 19.8. The van der Waals surface area contributed by atoms with Crippen LogP contribution in [-0.2, 0) is 4.79 Å². The minimum absolute atomic E-state index is 0.124. The molecule has 2 heterocycles. The van der Waals surface area contributed by atoms with Crippen molar-refractivity contribution in [2.75, 3.05) is 12.3 Å². The molecule has 1 aromatic heterocycles. The maximum Gasteiger partial charge on any atom is 0.251 e. The van der Waals surface area contributed by atoms with Crippen LogP contribution in [0.1, 0.15) is 26.2 Å². The summed E-state index contributed by atoms with van der Waals surface area (Å²) in [4.78, 5) is 31.7. The van der Waals surface area contributed by atoms with Crippen molar-refractivity contribution in [3.63, 3.8) is 0 Å². The van der Waals surface area contributed by atoms with Crippen LogP contribution in [0.25, 0.3) is 0 Å². The molecule has 1 saturated heterocycles. The molecular weight excluding hydrogens is 250 g/mol. The van der Waals surface area contributed by atoms with Gasteiger partial charge in [0.05, 0.1) is 5.75 Å². The van der Waals surface area contributed by atoms with Gasteiger partial charge in [-0.15, -0.1) is 0 Å². The molecule has 0 aromatic carbocycles. The van der Waals surface area contributed by atoms with Crippen LogP contribution < -0.4 is 5.56 Å². The molecule has 1 atom stereocenters. The minimum atomic E-state index is -0.189. The van der Waals surface area contributed by atoms with Gasteiger partial charge < -0.3 is 9.88 Å². The fraction of sp³-hybridized carbons (Fsp3) is 0.583. The van der Waals surface area contributed by atoms with Crippen LogP contribution in [0.2, 0.25) is 0 Å². The standard InChI is InChI=1S/C12H17N3O2S/c1-9-4-2-3-7-15(9)11(17)8-18-12-13-6-5-10(16)14-12/h5-6,9H,2-4,7-8H2,1H3,(H,13,14,16). The first-order valence-electron chi connectivity index (χ1n) is 6.14. The molecule has 1 aromatic rings. The molecule has 1 fully saturated rings. The third-order valence-corrected chi connectivity index (χ3v) is 3.98. The van der Waals surface area contributed by atoms with Crippen molar-refractivity contribution in [2.24, 2.45) is 0 Å². The molecule has 0 spiro atoms. The van der Waals surface area contributed by atoms with E-state index in [-0.39, 0.29) is 11.5 Å². The smallest absolute Gasteiger partial charge is 0.251 e. The van der Waals surface area contributed by atoms with Crippen molar-refractivity contribution < 1.29 is 4.79 Å². The Kier molecular flexibility index (Phi) is 4.41. The third kappa shape index (κ3) is 3.35. The summed E-state index contributed by atoms with van der Waals surface area (Å²) in [5.74, 6) is 0.454. The summed E-state index contributed by atoms with van der Waals surface area (Å²) in [6, 6.07) is 1.69. The lowest BCUT2D eigenvalue weighted by molar-refractivity contribution is -0.131. The van der Waals surface area contributed by atoms with E-state index in [1.807, 2.05) is 4.90 Å². The molecular formula is C12H17N3O2S. The van der Waals surface area contributed by atoms with E-state index >= 15 is 0 Å². The quantitative estimate of drug-likeness (QED) is 0.661. The third-order valence-electron chi connectivity index (χ3n) is 3.10. The summed E-state index contributed by atoms with van der Waals surface area (Å²) in [7, 11) is 0. The zero-order chi connectivity index (χ0) is 13.0. The van der Waals surface area contributed by atoms with Gasteiger partial charge in [0.25, 0.3) is 5.56 Å². The molecule has 1 N–H and O–H groups in total. The van der Waals surface area contributed by atoms with Crippen LogP contribution in [0.4, 0.5) is 0 Å². The molecule has 0 bridgehead atoms. The van der Waals surface area contributed by atoms with Gasteiger partial charge in [-0.3, -0.25) is 9.59 Å². The summed E-state index contributed by atoms with van der Waals surface area (Å²) in [6.45, 7) is 2.93. The molecule has 5 nitrogen and oxygen atoms in total. The van der Waals surface area contributed by atoms with Gasteiger partial charge in [0.15, 0.2) is 5.16 Å². The lowest BCUT2D eigenvalue weighted by Gasteiger charge is -2.33.